The maximum atomic E-state index is 13.3. The van der Waals surface area contributed by atoms with Crippen molar-refractivity contribution >= 4 is 6.08 Å². The largest absolute Gasteiger partial charge is 0.379 e. The van der Waals surface area contributed by atoms with Crippen LogP contribution in [0.4, 0.5) is 4.39 Å². The van der Waals surface area contributed by atoms with Gasteiger partial charge in [0.25, 0.3) is 0 Å². The van der Waals surface area contributed by atoms with Crippen LogP contribution in [0.25, 0.3) is 11.8 Å². The van der Waals surface area contributed by atoms with Crippen LogP contribution in [0.5, 0.6) is 0 Å². The zero-order valence-corrected chi connectivity index (χ0v) is 17.4. The van der Waals surface area contributed by atoms with Crippen LogP contribution < -0.4 is 0 Å². The Morgan fingerprint density at radius 2 is 1.90 bits per heavy atom. The third-order valence-corrected chi connectivity index (χ3v) is 5.94. The van der Waals surface area contributed by atoms with Crippen LogP contribution in [-0.4, -0.2) is 21.0 Å². The Bertz CT molecular complexity index is 1250. The van der Waals surface area contributed by atoms with E-state index in [0.29, 0.717) is 17.5 Å². The molecular formula is C26H22FN3O. The quantitative estimate of drug-likeness (QED) is 0.638. The first-order chi connectivity index (χ1) is 15.0. The topological polar surface area (TPSA) is 61.8 Å². The first kappa shape index (κ1) is 20.6. The van der Waals surface area contributed by atoms with Crippen LogP contribution in [-0.2, 0) is 6.42 Å². The second-order valence-corrected chi connectivity index (χ2v) is 7.89. The van der Waals surface area contributed by atoms with Crippen molar-refractivity contribution in [1.82, 2.24) is 9.78 Å². The third kappa shape index (κ3) is 3.77. The summed E-state index contributed by atoms with van der Waals surface area (Å²) in [5, 5.41) is 24.8. The summed E-state index contributed by atoms with van der Waals surface area (Å²) in [6, 6.07) is 15.5. The molecule has 3 aromatic rings. The molecule has 0 radical (unpaired) electrons. The minimum atomic E-state index is -0.909. The summed E-state index contributed by atoms with van der Waals surface area (Å²) in [5.41, 5.74) is 4.32. The van der Waals surface area contributed by atoms with Gasteiger partial charge in [-0.15, -0.1) is 0 Å². The van der Waals surface area contributed by atoms with E-state index in [9.17, 15) is 14.8 Å². The first-order valence-corrected chi connectivity index (χ1v) is 10.2. The molecule has 1 heterocycles. The van der Waals surface area contributed by atoms with Gasteiger partial charge in [0.1, 0.15) is 18.0 Å². The lowest BCUT2D eigenvalue weighted by Gasteiger charge is -2.37. The molecule has 0 fully saturated rings. The molecule has 31 heavy (non-hydrogen) atoms. The molecule has 1 aliphatic carbocycles. The molecule has 0 saturated carbocycles. The summed E-state index contributed by atoms with van der Waals surface area (Å²) in [6.45, 7) is 4.06. The van der Waals surface area contributed by atoms with Crippen molar-refractivity contribution in [3.63, 3.8) is 0 Å². The maximum Gasteiger partial charge on any atom is 0.124 e. The van der Waals surface area contributed by atoms with Gasteiger partial charge in [-0.2, -0.15) is 10.4 Å². The molecule has 2 aromatic carbocycles. The monoisotopic (exact) mass is 411 g/mol. The van der Waals surface area contributed by atoms with Crippen LogP contribution in [0.3, 0.4) is 0 Å². The van der Waals surface area contributed by atoms with Crippen molar-refractivity contribution in [1.29, 1.82) is 5.26 Å². The molecule has 4 nitrogen and oxygen atoms in total. The summed E-state index contributed by atoms with van der Waals surface area (Å²) < 4.78 is 15.1. The Kier molecular flexibility index (Phi) is 5.46. The van der Waals surface area contributed by atoms with E-state index in [1.165, 1.54) is 12.1 Å². The SMILES string of the molecule is CCC1=Cc2c(cnn2-c2ccc(F)cc2)CC1(C)[C@@H](O)C#Cc1ccccc1C#N. The molecule has 0 aliphatic heterocycles. The predicted octanol–water partition coefficient (Wildman–Crippen LogP) is 4.65. The Morgan fingerprint density at radius 1 is 1.19 bits per heavy atom. The predicted molar refractivity (Wildman–Crippen MR) is 118 cm³/mol. The molecule has 0 spiro atoms. The highest BCUT2D eigenvalue weighted by Gasteiger charge is 2.39. The summed E-state index contributed by atoms with van der Waals surface area (Å²) in [7, 11) is 0. The van der Waals surface area contributed by atoms with Gasteiger partial charge >= 0.3 is 0 Å². The number of halogens is 1. The van der Waals surface area contributed by atoms with Gasteiger partial charge in [0.05, 0.1) is 23.1 Å². The lowest BCUT2D eigenvalue weighted by atomic mass is 9.68. The Balaban J connectivity index is 1.69. The average Bonchev–Trinajstić information content (AvgIpc) is 3.19. The van der Waals surface area contributed by atoms with Crippen LogP contribution in [0.15, 0.2) is 60.3 Å². The lowest BCUT2D eigenvalue weighted by Crippen LogP contribution is -2.37. The molecule has 1 N–H and O–H groups in total. The summed E-state index contributed by atoms with van der Waals surface area (Å²) in [4.78, 5) is 0. The second-order valence-electron chi connectivity index (χ2n) is 7.89. The Labute approximate surface area is 181 Å². The van der Waals surface area contributed by atoms with Crippen molar-refractivity contribution in [3.8, 4) is 23.6 Å². The van der Waals surface area contributed by atoms with Gasteiger partial charge in [-0.25, -0.2) is 9.07 Å². The Hall–Kier alpha value is -3.67. The van der Waals surface area contributed by atoms with Crippen LogP contribution in [0.1, 0.15) is 42.7 Å². The van der Waals surface area contributed by atoms with Gasteiger partial charge in [-0.3, -0.25) is 0 Å². The molecule has 0 bridgehead atoms. The normalized spacial score (nSPS) is 18.2. The van der Waals surface area contributed by atoms with Crippen molar-refractivity contribution in [2.45, 2.75) is 32.8 Å². The van der Waals surface area contributed by atoms with Crippen molar-refractivity contribution in [2.75, 3.05) is 0 Å². The number of nitriles is 1. The highest BCUT2D eigenvalue weighted by Crippen LogP contribution is 2.43. The van der Waals surface area contributed by atoms with E-state index in [2.05, 4.69) is 36.0 Å². The fourth-order valence-electron chi connectivity index (χ4n) is 4.08. The smallest absolute Gasteiger partial charge is 0.124 e. The van der Waals surface area contributed by atoms with E-state index < -0.39 is 11.5 Å². The summed E-state index contributed by atoms with van der Waals surface area (Å²) >= 11 is 0. The molecule has 1 aromatic heterocycles. The molecule has 0 amide bonds. The van der Waals surface area contributed by atoms with Gasteiger partial charge < -0.3 is 5.11 Å². The molecule has 154 valence electrons. The average molecular weight is 411 g/mol. The van der Waals surface area contributed by atoms with Gasteiger partial charge in [0.15, 0.2) is 0 Å². The van der Waals surface area contributed by atoms with Gasteiger partial charge in [0.2, 0.25) is 0 Å². The summed E-state index contributed by atoms with van der Waals surface area (Å²) in [5.74, 6) is 5.66. The van der Waals surface area contributed by atoms with Crippen LogP contribution in [0.2, 0.25) is 0 Å². The minimum absolute atomic E-state index is 0.290. The fraction of sp³-hybridized carbons (Fsp3) is 0.231. The number of aromatic nitrogens is 2. The standard InChI is InChI=1S/C26H22FN3O/c1-3-21-14-24-20(17-29-30(24)23-11-9-22(27)10-12-23)15-26(21,2)25(31)13-8-18-6-4-5-7-19(18)16-28/h4-7,9-12,14,17,25,31H,3,15H2,1-2H3/t25-,26?/m0/s1. The highest BCUT2D eigenvalue weighted by atomic mass is 19.1. The molecule has 4 rings (SSSR count). The third-order valence-electron chi connectivity index (χ3n) is 5.94. The number of rotatable bonds is 3. The van der Waals surface area contributed by atoms with Gasteiger partial charge in [-0.05, 0) is 60.9 Å². The van der Waals surface area contributed by atoms with Crippen LogP contribution >= 0.6 is 0 Å². The first-order valence-electron chi connectivity index (χ1n) is 10.2. The fourth-order valence-corrected chi connectivity index (χ4v) is 4.08. The van der Waals surface area contributed by atoms with E-state index in [0.717, 1.165) is 28.9 Å². The minimum Gasteiger partial charge on any atom is -0.379 e. The lowest BCUT2D eigenvalue weighted by molar-refractivity contribution is 0.109. The van der Waals surface area contributed by atoms with E-state index in [-0.39, 0.29) is 5.82 Å². The van der Waals surface area contributed by atoms with Crippen molar-refractivity contribution in [2.24, 2.45) is 5.41 Å². The highest BCUT2D eigenvalue weighted by molar-refractivity contribution is 5.61. The van der Waals surface area contributed by atoms with E-state index in [4.69, 9.17) is 0 Å². The molecular weight excluding hydrogens is 389 g/mol. The van der Waals surface area contributed by atoms with E-state index >= 15 is 0 Å². The molecule has 1 unspecified atom stereocenters. The number of hydrogen-bond donors (Lipinski definition) is 1. The molecule has 1 aliphatic rings. The van der Waals surface area contributed by atoms with E-state index in [1.807, 2.05) is 13.0 Å². The Morgan fingerprint density at radius 3 is 2.58 bits per heavy atom. The molecule has 2 atom stereocenters. The zero-order chi connectivity index (χ0) is 22.0. The van der Waals surface area contributed by atoms with Crippen LogP contribution in [0, 0.1) is 34.4 Å². The number of aliphatic hydroxyl groups excluding tert-OH is 1. The second kappa shape index (κ2) is 8.22. The summed E-state index contributed by atoms with van der Waals surface area (Å²) in [6.07, 6.45) is 4.28. The molecule has 5 heteroatoms. The van der Waals surface area contributed by atoms with Crippen molar-refractivity contribution in [3.05, 3.63) is 88.5 Å². The van der Waals surface area contributed by atoms with Gasteiger partial charge in [0, 0.05) is 11.0 Å². The van der Waals surface area contributed by atoms with E-state index in [1.54, 1.807) is 41.2 Å². The maximum absolute atomic E-state index is 13.3. The molecule has 0 saturated heterocycles. The van der Waals surface area contributed by atoms with Gasteiger partial charge in [-0.1, -0.05) is 43.4 Å². The number of nitrogens with zero attached hydrogens (tertiary/aromatic N) is 3. The van der Waals surface area contributed by atoms with Crippen molar-refractivity contribution < 1.29 is 9.50 Å². The zero-order valence-electron chi connectivity index (χ0n) is 17.4. The number of hydrogen-bond acceptors (Lipinski definition) is 3. The number of fused-ring (bicyclic) bond motifs is 1. The number of aliphatic hydroxyl groups is 1. The number of benzene rings is 2.